The molecule has 1 aliphatic rings. The van der Waals surface area contributed by atoms with E-state index in [0.717, 1.165) is 31.5 Å². The number of nitrogens with zero attached hydrogens (tertiary/aromatic N) is 1. The van der Waals surface area contributed by atoms with Crippen LogP contribution in [0.2, 0.25) is 0 Å². The first-order valence-electron chi connectivity index (χ1n) is 8.42. The lowest BCUT2D eigenvalue weighted by Gasteiger charge is -2.42. The van der Waals surface area contributed by atoms with Crippen molar-refractivity contribution in [3.8, 4) is 0 Å². The Morgan fingerprint density at radius 3 is 2.22 bits per heavy atom. The maximum atomic E-state index is 12.4. The Labute approximate surface area is 138 Å². The van der Waals surface area contributed by atoms with E-state index in [9.17, 15) is 9.59 Å². The van der Waals surface area contributed by atoms with Gasteiger partial charge in [0.25, 0.3) is 0 Å². The maximum Gasteiger partial charge on any atom is 0.335 e. The van der Waals surface area contributed by atoms with Gasteiger partial charge >= 0.3 is 5.97 Å². The summed E-state index contributed by atoms with van der Waals surface area (Å²) in [5, 5.41) is 8.88. The summed E-state index contributed by atoms with van der Waals surface area (Å²) < 4.78 is 0. The molecule has 4 heteroatoms. The van der Waals surface area contributed by atoms with Crippen LogP contribution in [0.15, 0.2) is 24.3 Å². The summed E-state index contributed by atoms with van der Waals surface area (Å²) >= 11 is 0. The van der Waals surface area contributed by atoms with Crippen LogP contribution in [0.5, 0.6) is 0 Å². The molecule has 23 heavy (non-hydrogen) atoms. The summed E-state index contributed by atoms with van der Waals surface area (Å²) in [5.74, 6) is -0.0697. The molecule has 0 atom stereocenters. The van der Waals surface area contributed by atoms with E-state index in [0.29, 0.717) is 24.2 Å². The standard InChI is InChI=1S/C19H27NO3/c1-14(2)19(3)10-12-20(13-11-19)17(21)9-6-15-4-7-16(8-5-15)18(22)23/h4-5,7-8,14H,6,9-13H2,1-3H3,(H,22,23). The van der Waals surface area contributed by atoms with Crippen molar-refractivity contribution in [1.29, 1.82) is 0 Å². The van der Waals surface area contributed by atoms with E-state index in [2.05, 4.69) is 20.8 Å². The molecule has 126 valence electrons. The zero-order valence-corrected chi connectivity index (χ0v) is 14.3. The molecule has 0 radical (unpaired) electrons. The molecule has 1 saturated heterocycles. The van der Waals surface area contributed by atoms with Gasteiger partial charge in [-0.1, -0.05) is 32.9 Å². The van der Waals surface area contributed by atoms with Gasteiger partial charge < -0.3 is 10.0 Å². The Hall–Kier alpha value is -1.84. The van der Waals surface area contributed by atoms with Gasteiger partial charge in [0.15, 0.2) is 0 Å². The summed E-state index contributed by atoms with van der Waals surface area (Å²) in [4.78, 5) is 25.2. The minimum absolute atomic E-state index is 0.207. The van der Waals surface area contributed by atoms with E-state index in [1.54, 1.807) is 24.3 Å². The van der Waals surface area contributed by atoms with Gasteiger partial charge in [0.05, 0.1) is 5.56 Å². The van der Waals surface area contributed by atoms with Gasteiger partial charge in [-0.25, -0.2) is 4.79 Å². The number of hydrogen-bond acceptors (Lipinski definition) is 2. The van der Waals surface area contributed by atoms with E-state index in [1.165, 1.54) is 0 Å². The van der Waals surface area contributed by atoms with Gasteiger partial charge in [-0.15, -0.1) is 0 Å². The summed E-state index contributed by atoms with van der Waals surface area (Å²) in [6, 6.07) is 6.78. The first kappa shape index (κ1) is 17.5. The predicted molar refractivity (Wildman–Crippen MR) is 90.5 cm³/mol. The van der Waals surface area contributed by atoms with Crippen molar-refractivity contribution in [2.24, 2.45) is 11.3 Å². The third kappa shape index (κ3) is 4.34. The molecule has 0 spiro atoms. The Balaban J connectivity index is 1.83. The van der Waals surface area contributed by atoms with Gasteiger partial charge in [-0.2, -0.15) is 0 Å². The van der Waals surface area contributed by atoms with Crippen molar-refractivity contribution in [3.05, 3.63) is 35.4 Å². The van der Waals surface area contributed by atoms with Gasteiger partial charge in [0.2, 0.25) is 5.91 Å². The Morgan fingerprint density at radius 2 is 1.74 bits per heavy atom. The smallest absolute Gasteiger partial charge is 0.335 e. The molecule has 0 saturated carbocycles. The Morgan fingerprint density at radius 1 is 1.17 bits per heavy atom. The van der Waals surface area contributed by atoms with Gasteiger partial charge in [0.1, 0.15) is 0 Å². The van der Waals surface area contributed by atoms with Gasteiger partial charge in [-0.3, -0.25) is 4.79 Å². The number of carbonyl (C=O) groups is 2. The molecule has 2 rings (SSSR count). The molecule has 0 aliphatic carbocycles. The normalized spacial score (nSPS) is 17.3. The second kappa shape index (κ2) is 7.16. The molecular formula is C19H27NO3. The summed E-state index contributed by atoms with van der Waals surface area (Å²) in [7, 11) is 0. The molecule has 1 aromatic rings. The number of piperidine rings is 1. The fraction of sp³-hybridized carbons (Fsp3) is 0.579. The maximum absolute atomic E-state index is 12.4. The van der Waals surface area contributed by atoms with Crippen LogP contribution >= 0.6 is 0 Å². The average Bonchev–Trinajstić information content (AvgIpc) is 2.53. The topological polar surface area (TPSA) is 57.6 Å². The van der Waals surface area contributed by atoms with Crippen molar-refractivity contribution in [3.63, 3.8) is 0 Å². The molecular weight excluding hydrogens is 290 g/mol. The lowest BCUT2D eigenvalue weighted by atomic mass is 9.72. The van der Waals surface area contributed by atoms with E-state index in [-0.39, 0.29) is 11.5 Å². The predicted octanol–water partition coefficient (Wildman–Crippen LogP) is 3.60. The fourth-order valence-electron chi connectivity index (χ4n) is 3.07. The number of carbonyl (C=O) groups excluding carboxylic acids is 1. The van der Waals surface area contributed by atoms with E-state index < -0.39 is 5.97 Å². The third-order valence-corrected chi connectivity index (χ3v) is 5.48. The van der Waals surface area contributed by atoms with Crippen LogP contribution in [0, 0.1) is 11.3 Å². The minimum Gasteiger partial charge on any atom is -0.478 e. The first-order valence-corrected chi connectivity index (χ1v) is 8.42. The second-order valence-electron chi connectivity index (χ2n) is 7.19. The second-order valence-corrected chi connectivity index (χ2v) is 7.19. The molecule has 0 unspecified atom stereocenters. The monoisotopic (exact) mass is 317 g/mol. The number of rotatable bonds is 5. The zero-order valence-electron chi connectivity index (χ0n) is 14.3. The molecule has 1 heterocycles. The van der Waals surface area contributed by atoms with Gasteiger partial charge in [-0.05, 0) is 48.3 Å². The SMILES string of the molecule is CC(C)C1(C)CCN(C(=O)CCc2ccc(C(=O)O)cc2)CC1. The minimum atomic E-state index is -0.922. The lowest BCUT2D eigenvalue weighted by Crippen LogP contribution is -2.44. The molecule has 1 N–H and O–H groups in total. The Bertz CT molecular complexity index is 554. The number of aromatic carboxylic acids is 1. The van der Waals surface area contributed by atoms with Crippen LogP contribution in [-0.4, -0.2) is 35.0 Å². The number of carboxylic acid groups (broad SMARTS) is 1. The number of likely N-dealkylation sites (tertiary alicyclic amines) is 1. The lowest BCUT2D eigenvalue weighted by molar-refractivity contribution is -0.133. The highest BCUT2D eigenvalue weighted by molar-refractivity contribution is 5.87. The highest BCUT2D eigenvalue weighted by Crippen LogP contribution is 2.38. The molecule has 0 bridgehead atoms. The number of hydrogen-bond donors (Lipinski definition) is 1. The molecule has 1 amide bonds. The fourth-order valence-corrected chi connectivity index (χ4v) is 3.07. The largest absolute Gasteiger partial charge is 0.478 e. The summed E-state index contributed by atoms with van der Waals surface area (Å²) in [6.07, 6.45) is 3.30. The van der Waals surface area contributed by atoms with E-state index in [1.807, 2.05) is 4.90 Å². The number of benzene rings is 1. The Kier molecular flexibility index (Phi) is 5.45. The third-order valence-electron chi connectivity index (χ3n) is 5.48. The highest BCUT2D eigenvalue weighted by atomic mass is 16.4. The molecule has 1 fully saturated rings. The quantitative estimate of drug-likeness (QED) is 0.902. The summed E-state index contributed by atoms with van der Waals surface area (Å²) in [5.41, 5.74) is 1.64. The zero-order chi connectivity index (χ0) is 17.0. The molecule has 0 aromatic heterocycles. The van der Waals surface area contributed by atoms with Crippen LogP contribution in [0.1, 0.15) is 56.0 Å². The van der Waals surface area contributed by atoms with Crippen LogP contribution in [0.3, 0.4) is 0 Å². The van der Waals surface area contributed by atoms with Crippen molar-refractivity contribution < 1.29 is 14.7 Å². The first-order chi connectivity index (χ1) is 10.8. The molecule has 4 nitrogen and oxygen atoms in total. The van der Waals surface area contributed by atoms with Crippen LogP contribution < -0.4 is 0 Å². The molecule has 1 aliphatic heterocycles. The molecule has 1 aromatic carbocycles. The van der Waals surface area contributed by atoms with Crippen LogP contribution in [0.4, 0.5) is 0 Å². The average molecular weight is 317 g/mol. The van der Waals surface area contributed by atoms with Crippen LogP contribution in [-0.2, 0) is 11.2 Å². The van der Waals surface area contributed by atoms with Crippen LogP contribution in [0.25, 0.3) is 0 Å². The number of carboxylic acids is 1. The van der Waals surface area contributed by atoms with Crippen molar-refractivity contribution in [2.75, 3.05) is 13.1 Å². The van der Waals surface area contributed by atoms with Crippen molar-refractivity contribution in [1.82, 2.24) is 4.90 Å². The van der Waals surface area contributed by atoms with Crippen molar-refractivity contribution in [2.45, 2.75) is 46.5 Å². The van der Waals surface area contributed by atoms with E-state index in [4.69, 9.17) is 5.11 Å². The summed E-state index contributed by atoms with van der Waals surface area (Å²) in [6.45, 7) is 8.55. The number of aryl methyl sites for hydroxylation is 1. The van der Waals surface area contributed by atoms with Crippen molar-refractivity contribution >= 4 is 11.9 Å². The van der Waals surface area contributed by atoms with Gasteiger partial charge in [0, 0.05) is 19.5 Å². The highest BCUT2D eigenvalue weighted by Gasteiger charge is 2.33. The van der Waals surface area contributed by atoms with E-state index >= 15 is 0 Å². The number of amides is 1.